The van der Waals surface area contributed by atoms with E-state index in [-0.39, 0.29) is 11.3 Å². The Bertz CT molecular complexity index is 1080. The van der Waals surface area contributed by atoms with Crippen LogP contribution in [-0.4, -0.2) is 28.2 Å². The monoisotopic (exact) mass is 599 g/mol. The summed E-state index contributed by atoms with van der Waals surface area (Å²) in [5.41, 5.74) is 1.12. The van der Waals surface area contributed by atoms with Crippen molar-refractivity contribution in [3.8, 4) is 0 Å². The number of aliphatic hydroxyl groups excluding tert-OH is 1. The van der Waals surface area contributed by atoms with E-state index in [4.69, 9.17) is 0 Å². The lowest BCUT2D eigenvalue weighted by molar-refractivity contribution is -0.139. The molecule has 1 saturated heterocycles. The van der Waals surface area contributed by atoms with Gasteiger partial charge in [0.1, 0.15) is 11.6 Å². The lowest BCUT2D eigenvalue weighted by Crippen LogP contribution is -2.30. The Morgan fingerprint density at radius 1 is 0.769 bits per heavy atom. The molecule has 0 radical (unpaired) electrons. The van der Waals surface area contributed by atoms with Crippen LogP contribution >= 0.6 is 15.9 Å². The van der Waals surface area contributed by atoms with E-state index in [1.165, 1.54) is 82.8 Å². The molecule has 1 fully saturated rings. The lowest BCUT2D eigenvalue weighted by Gasteiger charge is -2.25. The molecule has 6 heteroatoms. The van der Waals surface area contributed by atoms with Crippen LogP contribution in [0.4, 0.5) is 4.39 Å². The number of amides is 1. The number of unbranched alkanes of at least 4 members (excludes halogenated alkanes) is 13. The van der Waals surface area contributed by atoms with Gasteiger partial charge in [-0.15, -0.1) is 0 Å². The Balaban J connectivity index is 1.52. The highest BCUT2D eigenvalue weighted by molar-refractivity contribution is 9.10. The van der Waals surface area contributed by atoms with Crippen molar-refractivity contribution in [2.24, 2.45) is 0 Å². The first-order chi connectivity index (χ1) is 18.9. The Kier molecular flexibility index (Phi) is 13.2. The fourth-order valence-corrected chi connectivity index (χ4v) is 5.61. The molecule has 0 spiro atoms. The van der Waals surface area contributed by atoms with Crippen molar-refractivity contribution >= 4 is 33.4 Å². The summed E-state index contributed by atoms with van der Waals surface area (Å²) in [6, 6.07) is 12.0. The summed E-state index contributed by atoms with van der Waals surface area (Å²) in [5, 5.41) is 11.1. The second-order valence-corrected chi connectivity index (χ2v) is 11.6. The zero-order valence-corrected chi connectivity index (χ0v) is 24.9. The summed E-state index contributed by atoms with van der Waals surface area (Å²) in [6.45, 7) is 2.67. The number of ketones is 1. The van der Waals surface area contributed by atoms with Crippen LogP contribution in [0, 0.1) is 5.82 Å². The maximum Gasteiger partial charge on any atom is 0.295 e. The molecular formula is C33H43BrFNO3. The number of aliphatic hydroxyl groups is 1. The van der Waals surface area contributed by atoms with E-state index in [2.05, 4.69) is 22.9 Å². The number of rotatable bonds is 17. The molecule has 0 saturated carbocycles. The Morgan fingerprint density at radius 3 is 1.77 bits per heavy atom. The summed E-state index contributed by atoms with van der Waals surface area (Å²) < 4.78 is 14.5. The van der Waals surface area contributed by atoms with Crippen molar-refractivity contribution in [2.75, 3.05) is 6.54 Å². The van der Waals surface area contributed by atoms with Crippen LogP contribution in [0.1, 0.15) is 114 Å². The lowest BCUT2D eigenvalue weighted by atomic mass is 9.95. The van der Waals surface area contributed by atoms with Gasteiger partial charge >= 0.3 is 0 Å². The van der Waals surface area contributed by atoms with Crippen molar-refractivity contribution in [3.63, 3.8) is 0 Å². The van der Waals surface area contributed by atoms with Crippen molar-refractivity contribution in [1.82, 2.24) is 4.90 Å². The molecule has 0 unspecified atom stereocenters. The molecule has 2 aromatic rings. The molecule has 0 aliphatic carbocycles. The van der Waals surface area contributed by atoms with Gasteiger partial charge in [0.15, 0.2) is 0 Å². The van der Waals surface area contributed by atoms with E-state index in [1.807, 2.05) is 0 Å². The highest BCUT2D eigenvalue weighted by Crippen LogP contribution is 2.39. The van der Waals surface area contributed by atoms with Gasteiger partial charge in [-0.25, -0.2) is 4.39 Å². The van der Waals surface area contributed by atoms with Gasteiger partial charge in [-0.05, 0) is 36.2 Å². The van der Waals surface area contributed by atoms with Gasteiger partial charge in [-0.1, -0.05) is 131 Å². The average molecular weight is 601 g/mol. The van der Waals surface area contributed by atoms with Gasteiger partial charge in [0.05, 0.1) is 11.6 Å². The van der Waals surface area contributed by atoms with Gasteiger partial charge in [0.25, 0.3) is 11.7 Å². The summed E-state index contributed by atoms with van der Waals surface area (Å²) >= 11 is 3.38. The first-order valence-corrected chi connectivity index (χ1v) is 15.5. The molecule has 1 aliphatic heterocycles. The highest BCUT2D eigenvalue weighted by atomic mass is 79.9. The smallest absolute Gasteiger partial charge is 0.295 e. The quantitative estimate of drug-likeness (QED) is 0.0852. The van der Waals surface area contributed by atoms with Gasteiger partial charge in [-0.2, -0.15) is 0 Å². The third-order valence-electron chi connectivity index (χ3n) is 7.60. The Labute approximate surface area is 241 Å². The third kappa shape index (κ3) is 9.30. The van der Waals surface area contributed by atoms with Crippen LogP contribution in [0.5, 0.6) is 0 Å². The number of hydrogen-bond acceptors (Lipinski definition) is 3. The Hall–Kier alpha value is -2.47. The molecule has 1 amide bonds. The number of carbonyl (C=O) groups is 2. The van der Waals surface area contributed by atoms with E-state index in [9.17, 15) is 19.1 Å². The van der Waals surface area contributed by atoms with Crippen LogP contribution in [0.3, 0.4) is 0 Å². The van der Waals surface area contributed by atoms with Gasteiger partial charge in [0.2, 0.25) is 0 Å². The number of Topliss-reactive ketones (excluding diaryl/α,β-unsaturated/α-hetero) is 1. The largest absolute Gasteiger partial charge is 0.507 e. The molecule has 4 nitrogen and oxygen atoms in total. The molecule has 1 heterocycles. The van der Waals surface area contributed by atoms with Gasteiger partial charge in [0, 0.05) is 16.6 Å². The topological polar surface area (TPSA) is 57.6 Å². The summed E-state index contributed by atoms with van der Waals surface area (Å²) in [4.78, 5) is 27.7. The normalized spacial score (nSPS) is 16.8. The third-order valence-corrected chi connectivity index (χ3v) is 8.12. The summed E-state index contributed by atoms with van der Waals surface area (Å²) in [5.74, 6) is -1.91. The van der Waals surface area contributed by atoms with Crippen molar-refractivity contribution in [3.05, 3.63) is 75.5 Å². The van der Waals surface area contributed by atoms with Crippen LogP contribution in [0.15, 0.2) is 58.6 Å². The van der Waals surface area contributed by atoms with Crippen molar-refractivity contribution in [2.45, 2.75) is 103 Å². The minimum Gasteiger partial charge on any atom is -0.507 e. The van der Waals surface area contributed by atoms with Crippen LogP contribution in [0.25, 0.3) is 5.76 Å². The number of hydrogen-bond donors (Lipinski definition) is 1. The molecule has 3 rings (SSSR count). The zero-order chi connectivity index (χ0) is 28.0. The summed E-state index contributed by atoms with van der Waals surface area (Å²) in [6.07, 6.45) is 17.4. The molecule has 1 N–H and O–H groups in total. The zero-order valence-electron chi connectivity index (χ0n) is 23.3. The maximum atomic E-state index is 13.7. The van der Waals surface area contributed by atoms with Crippen molar-refractivity contribution in [1.29, 1.82) is 0 Å². The fourth-order valence-electron chi connectivity index (χ4n) is 5.34. The molecule has 0 aromatic heterocycles. The Morgan fingerprint density at radius 2 is 1.26 bits per heavy atom. The van der Waals surface area contributed by atoms with Crippen molar-refractivity contribution < 1.29 is 19.1 Å². The first-order valence-electron chi connectivity index (χ1n) is 14.7. The predicted octanol–water partition coefficient (Wildman–Crippen LogP) is 9.49. The number of likely N-dealkylation sites (tertiary alicyclic amines) is 1. The number of halogens is 2. The van der Waals surface area contributed by atoms with Crippen LogP contribution in [0.2, 0.25) is 0 Å². The van der Waals surface area contributed by atoms with E-state index in [0.717, 1.165) is 23.7 Å². The second-order valence-electron chi connectivity index (χ2n) is 10.6. The van der Waals surface area contributed by atoms with Crippen LogP contribution in [-0.2, 0) is 9.59 Å². The molecule has 1 atom stereocenters. The molecular weight excluding hydrogens is 557 g/mol. The van der Waals surface area contributed by atoms with E-state index in [0.29, 0.717) is 17.7 Å². The molecule has 39 heavy (non-hydrogen) atoms. The van der Waals surface area contributed by atoms with E-state index in [1.54, 1.807) is 41.3 Å². The van der Waals surface area contributed by atoms with E-state index < -0.39 is 23.5 Å². The molecule has 212 valence electrons. The molecule has 1 aliphatic rings. The molecule has 0 bridgehead atoms. The predicted molar refractivity (Wildman–Crippen MR) is 160 cm³/mol. The first kappa shape index (κ1) is 31.1. The average Bonchev–Trinajstić information content (AvgIpc) is 3.18. The SMILES string of the molecule is CCCCCCCCCCCCCCCCN1C(=O)C(=O)C(=C(O)c2ccc(Br)cc2)[C@@H]1c1ccc(F)cc1. The number of benzene rings is 2. The standard InChI is InChI=1S/C33H43BrFNO3/c1-2-3-4-5-6-7-8-9-10-11-12-13-14-15-24-36-30(25-18-22-28(35)23-19-25)29(32(38)33(36)39)31(37)26-16-20-27(34)21-17-26/h16-23,30,37H,2-15,24H2,1H3/t30-/m0/s1. The van der Waals surface area contributed by atoms with Gasteiger partial charge in [-0.3, -0.25) is 9.59 Å². The van der Waals surface area contributed by atoms with E-state index >= 15 is 0 Å². The summed E-state index contributed by atoms with van der Waals surface area (Å²) in [7, 11) is 0. The molecule has 2 aromatic carbocycles. The maximum absolute atomic E-state index is 13.7. The minimum absolute atomic E-state index is 0.0549. The number of nitrogens with zero attached hydrogens (tertiary/aromatic N) is 1. The number of carbonyl (C=O) groups excluding carboxylic acids is 2. The van der Waals surface area contributed by atoms with Crippen LogP contribution < -0.4 is 0 Å². The van der Waals surface area contributed by atoms with Gasteiger partial charge < -0.3 is 10.0 Å². The minimum atomic E-state index is -0.740. The fraction of sp³-hybridized carbons (Fsp3) is 0.515. The highest BCUT2D eigenvalue weighted by Gasteiger charge is 2.45. The second kappa shape index (κ2) is 16.6.